The third kappa shape index (κ3) is 3.03. The van der Waals surface area contributed by atoms with E-state index in [1.807, 2.05) is 17.2 Å². The second-order valence-electron chi connectivity index (χ2n) is 7.68. The van der Waals surface area contributed by atoms with E-state index in [1.54, 1.807) is 18.2 Å². The van der Waals surface area contributed by atoms with E-state index < -0.39 is 5.92 Å². The average Bonchev–Trinajstić information content (AvgIpc) is 3.20. The Morgan fingerprint density at radius 3 is 2.96 bits per heavy atom. The molecule has 0 radical (unpaired) electrons. The van der Waals surface area contributed by atoms with Crippen LogP contribution in [-0.2, 0) is 12.8 Å². The molecular weight excluding hydrogens is 345 g/mol. The van der Waals surface area contributed by atoms with Crippen LogP contribution in [0.15, 0.2) is 46.8 Å². The van der Waals surface area contributed by atoms with Gasteiger partial charge in [0.25, 0.3) is 5.91 Å². The highest BCUT2D eigenvalue weighted by Gasteiger charge is 2.40. The molecule has 0 aliphatic heterocycles. The summed E-state index contributed by atoms with van der Waals surface area (Å²) in [6, 6.07) is 3.90. The fourth-order valence-corrected chi connectivity index (χ4v) is 4.25. The molecule has 5 nitrogen and oxygen atoms in total. The van der Waals surface area contributed by atoms with E-state index in [0.717, 1.165) is 32.1 Å². The first-order valence-corrected chi connectivity index (χ1v) is 9.66. The number of rotatable bonds is 4. The molecule has 1 fully saturated rings. The van der Waals surface area contributed by atoms with Crippen molar-refractivity contribution in [3.63, 3.8) is 0 Å². The highest BCUT2D eigenvalue weighted by atomic mass is 19.1. The Bertz CT molecular complexity index is 922. The number of fused-ring (bicyclic) bond motifs is 1. The number of carbonyl (C=O) groups is 1. The van der Waals surface area contributed by atoms with Crippen molar-refractivity contribution in [2.75, 3.05) is 0 Å². The summed E-state index contributed by atoms with van der Waals surface area (Å²) in [4.78, 5) is 15.2. The van der Waals surface area contributed by atoms with Crippen LogP contribution in [0.1, 0.15) is 59.2 Å². The zero-order valence-corrected chi connectivity index (χ0v) is 15.0. The Hall–Kier alpha value is -2.63. The molecule has 2 aromatic heterocycles. The smallest absolute Gasteiger partial charge is 0.290 e. The Morgan fingerprint density at radius 2 is 2.15 bits per heavy atom. The number of furan rings is 1. The van der Waals surface area contributed by atoms with Crippen LogP contribution in [0.25, 0.3) is 0 Å². The zero-order valence-electron chi connectivity index (χ0n) is 15.0. The summed E-state index contributed by atoms with van der Waals surface area (Å²) in [5.74, 6) is 0.125. The number of nitrogens with one attached hydrogen (secondary N) is 1. The van der Waals surface area contributed by atoms with Gasteiger partial charge in [0.2, 0.25) is 0 Å². The number of carbonyl (C=O) groups excluding carboxylic acids is 1. The van der Waals surface area contributed by atoms with E-state index in [9.17, 15) is 9.18 Å². The van der Waals surface area contributed by atoms with Crippen LogP contribution >= 0.6 is 0 Å². The van der Waals surface area contributed by atoms with E-state index in [2.05, 4.69) is 10.2 Å². The van der Waals surface area contributed by atoms with Crippen LogP contribution in [0.3, 0.4) is 0 Å². The maximum atomic E-state index is 14.1. The molecule has 2 aromatic rings. The predicted molar refractivity (Wildman–Crippen MR) is 98.0 cm³/mol. The van der Waals surface area contributed by atoms with Crippen LogP contribution in [-0.4, -0.2) is 33.1 Å². The predicted octanol–water partition coefficient (Wildman–Crippen LogP) is 4.06. The summed E-state index contributed by atoms with van der Waals surface area (Å²) in [6.45, 7) is 0. The highest BCUT2D eigenvalue weighted by Crippen LogP contribution is 2.36. The van der Waals surface area contributed by atoms with Gasteiger partial charge in [-0.05, 0) is 62.3 Å². The molecule has 27 heavy (non-hydrogen) atoms. The van der Waals surface area contributed by atoms with Crippen LogP contribution in [0.5, 0.6) is 0 Å². The molecule has 2 heterocycles. The maximum absolute atomic E-state index is 14.1. The summed E-state index contributed by atoms with van der Waals surface area (Å²) < 4.78 is 19.9. The van der Waals surface area contributed by atoms with Crippen molar-refractivity contribution in [2.24, 2.45) is 0 Å². The first-order valence-electron chi connectivity index (χ1n) is 9.66. The van der Waals surface area contributed by atoms with Crippen molar-refractivity contribution in [1.29, 1.82) is 0 Å². The molecular formula is C21H22FN3O2. The third-order valence-corrected chi connectivity index (χ3v) is 5.84. The average molecular weight is 367 g/mol. The van der Waals surface area contributed by atoms with Gasteiger partial charge in [-0.25, -0.2) is 4.39 Å². The van der Waals surface area contributed by atoms with Gasteiger partial charge in [-0.15, -0.1) is 0 Å². The summed E-state index contributed by atoms with van der Waals surface area (Å²) >= 11 is 0. The van der Waals surface area contributed by atoms with Gasteiger partial charge >= 0.3 is 0 Å². The molecule has 3 aliphatic carbocycles. The Labute approximate surface area is 156 Å². The minimum atomic E-state index is -0.422. The summed E-state index contributed by atoms with van der Waals surface area (Å²) in [5, 5.41) is 7.18. The van der Waals surface area contributed by atoms with Gasteiger partial charge in [0.05, 0.1) is 12.1 Å². The molecule has 2 unspecified atom stereocenters. The lowest BCUT2D eigenvalue weighted by Crippen LogP contribution is -2.44. The van der Waals surface area contributed by atoms with E-state index in [4.69, 9.17) is 4.42 Å². The molecule has 6 heteroatoms. The minimum Gasteiger partial charge on any atom is -0.455 e. The SMILES string of the molecule is O=C(c1ccc(C2CC=CC=C2F)o1)N(C1CC1)C1CCc2[nH]ncc2C1. The molecule has 0 spiro atoms. The van der Waals surface area contributed by atoms with Crippen molar-refractivity contribution in [3.05, 3.63) is 65.2 Å². The van der Waals surface area contributed by atoms with Crippen LogP contribution < -0.4 is 0 Å². The van der Waals surface area contributed by atoms with E-state index in [-0.39, 0.29) is 17.8 Å². The normalized spacial score (nSPS) is 24.4. The van der Waals surface area contributed by atoms with Crippen molar-refractivity contribution >= 4 is 5.91 Å². The van der Waals surface area contributed by atoms with Gasteiger partial charge in [-0.3, -0.25) is 9.89 Å². The lowest BCUT2D eigenvalue weighted by Gasteiger charge is -2.33. The monoisotopic (exact) mass is 367 g/mol. The number of aryl methyl sites for hydroxylation is 1. The fourth-order valence-electron chi connectivity index (χ4n) is 4.25. The van der Waals surface area contributed by atoms with Crippen LogP contribution in [0, 0.1) is 0 Å². The van der Waals surface area contributed by atoms with Crippen molar-refractivity contribution < 1.29 is 13.6 Å². The van der Waals surface area contributed by atoms with Gasteiger partial charge in [0.1, 0.15) is 11.6 Å². The summed E-state index contributed by atoms with van der Waals surface area (Å²) in [5.41, 5.74) is 2.38. The van der Waals surface area contributed by atoms with Crippen molar-refractivity contribution in [3.8, 4) is 0 Å². The second-order valence-corrected chi connectivity index (χ2v) is 7.68. The van der Waals surface area contributed by atoms with Gasteiger partial charge in [0.15, 0.2) is 5.76 Å². The van der Waals surface area contributed by atoms with E-state index >= 15 is 0 Å². The Morgan fingerprint density at radius 1 is 1.26 bits per heavy atom. The van der Waals surface area contributed by atoms with Gasteiger partial charge in [-0.1, -0.05) is 12.2 Å². The van der Waals surface area contributed by atoms with Crippen LogP contribution in [0.2, 0.25) is 0 Å². The molecule has 0 saturated heterocycles. The van der Waals surface area contributed by atoms with E-state index in [1.165, 1.54) is 17.3 Å². The number of hydrogen-bond donors (Lipinski definition) is 1. The second kappa shape index (κ2) is 6.51. The Kier molecular flexibility index (Phi) is 3.99. The first kappa shape index (κ1) is 16.5. The lowest BCUT2D eigenvalue weighted by molar-refractivity contribution is 0.0607. The fraction of sp³-hybridized carbons (Fsp3) is 0.429. The molecule has 1 amide bonds. The van der Waals surface area contributed by atoms with Crippen molar-refractivity contribution in [1.82, 2.24) is 15.1 Å². The number of halogens is 1. The first-order chi connectivity index (χ1) is 13.2. The Balaban J connectivity index is 1.37. The topological polar surface area (TPSA) is 62.1 Å². The largest absolute Gasteiger partial charge is 0.455 e. The van der Waals surface area contributed by atoms with Crippen molar-refractivity contribution in [2.45, 2.75) is 56.5 Å². The minimum absolute atomic E-state index is 0.0727. The molecule has 0 bridgehead atoms. The molecule has 3 aliphatic rings. The number of nitrogens with zero attached hydrogens (tertiary/aromatic N) is 2. The molecule has 5 rings (SSSR count). The number of allylic oxidation sites excluding steroid dienone is 4. The number of amides is 1. The quantitative estimate of drug-likeness (QED) is 0.886. The molecule has 1 saturated carbocycles. The standard InChI is InChI=1S/C21H22FN3O2/c22-17-4-2-1-3-16(17)19-9-10-20(27-19)21(26)25(14-5-6-14)15-7-8-18-13(11-15)12-23-24-18/h1-2,4,9-10,12,14-16H,3,5-8,11H2,(H,23,24). The number of aromatic amines is 1. The third-order valence-electron chi connectivity index (χ3n) is 5.84. The summed E-state index contributed by atoms with van der Waals surface area (Å²) in [6.07, 6.45) is 12.3. The van der Waals surface area contributed by atoms with Gasteiger partial charge < -0.3 is 9.32 Å². The zero-order chi connectivity index (χ0) is 18.4. The molecule has 1 N–H and O–H groups in total. The van der Waals surface area contributed by atoms with E-state index in [0.29, 0.717) is 24.0 Å². The lowest BCUT2D eigenvalue weighted by atomic mass is 9.92. The highest BCUT2D eigenvalue weighted by molar-refractivity contribution is 5.92. The molecule has 2 atom stereocenters. The van der Waals surface area contributed by atoms with Crippen LogP contribution in [0.4, 0.5) is 4.39 Å². The number of hydrogen-bond acceptors (Lipinski definition) is 3. The molecule has 140 valence electrons. The maximum Gasteiger partial charge on any atom is 0.290 e. The number of aromatic nitrogens is 2. The van der Waals surface area contributed by atoms with Gasteiger partial charge in [0, 0.05) is 17.8 Å². The number of H-pyrrole nitrogens is 1. The summed E-state index contributed by atoms with van der Waals surface area (Å²) in [7, 11) is 0. The van der Waals surface area contributed by atoms with Gasteiger partial charge in [-0.2, -0.15) is 5.10 Å². The molecule has 0 aromatic carbocycles.